The molecule has 0 saturated carbocycles. The first-order valence-corrected chi connectivity index (χ1v) is 6.48. The number of benzene rings is 1. The van der Waals surface area contributed by atoms with Crippen LogP contribution < -0.4 is 11.1 Å². The van der Waals surface area contributed by atoms with Gasteiger partial charge in [-0.1, -0.05) is 32.9 Å². The largest absolute Gasteiger partial charge is 0.399 e. The van der Waals surface area contributed by atoms with E-state index in [-0.39, 0.29) is 23.7 Å². The predicted octanol–water partition coefficient (Wildman–Crippen LogP) is 3.18. The van der Waals surface area contributed by atoms with Crippen molar-refractivity contribution in [2.24, 2.45) is 5.41 Å². The molecule has 1 aromatic carbocycles. The van der Waals surface area contributed by atoms with Crippen molar-refractivity contribution in [2.75, 3.05) is 12.3 Å². The summed E-state index contributed by atoms with van der Waals surface area (Å²) in [7, 11) is 0. The van der Waals surface area contributed by atoms with Crippen LogP contribution in [0.4, 0.5) is 5.69 Å². The van der Waals surface area contributed by atoms with E-state index in [1.54, 1.807) is 0 Å². The van der Waals surface area contributed by atoms with Crippen LogP contribution in [-0.4, -0.2) is 12.5 Å². The van der Waals surface area contributed by atoms with E-state index in [4.69, 9.17) is 5.73 Å². The van der Waals surface area contributed by atoms with E-state index in [9.17, 15) is 4.79 Å². The Balaban J connectivity index is 0.00000324. The van der Waals surface area contributed by atoms with Crippen LogP contribution in [0, 0.1) is 5.41 Å². The number of rotatable bonds is 5. The molecule has 19 heavy (non-hydrogen) atoms. The second-order valence-corrected chi connectivity index (χ2v) is 5.90. The minimum Gasteiger partial charge on any atom is -0.399 e. The van der Waals surface area contributed by atoms with Gasteiger partial charge in [0.15, 0.2) is 0 Å². The number of hydrogen-bond donors (Lipinski definition) is 2. The van der Waals surface area contributed by atoms with E-state index >= 15 is 0 Å². The van der Waals surface area contributed by atoms with E-state index in [1.165, 1.54) is 5.56 Å². The van der Waals surface area contributed by atoms with Crippen LogP contribution in [0.25, 0.3) is 0 Å². The van der Waals surface area contributed by atoms with Crippen LogP contribution in [0.3, 0.4) is 0 Å². The first kappa shape index (κ1) is 17.8. The summed E-state index contributed by atoms with van der Waals surface area (Å²) in [6.45, 7) is 7.13. The highest BCUT2D eigenvalue weighted by atomic mass is 35.5. The van der Waals surface area contributed by atoms with E-state index in [1.807, 2.05) is 24.3 Å². The summed E-state index contributed by atoms with van der Waals surface area (Å²) in [5, 5.41) is 2.95. The number of nitrogen functional groups attached to an aromatic ring is 1. The zero-order valence-corrected chi connectivity index (χ0v) is 12.8. The minimum absolute atomic E-state index is 0. The van der Waals surface area contributed by atoms with Gasteiger partial charge in [-0.25, -0.2) is 0 Å². The average molecular weight is 285 g/mol. The van der Waals surface area contributed by atoms with Crippen LogP contribution >= 0.6 is 12.4 Å². The number of amides is 1. The molecule has 0 atom stereocenters. The molecule has 0 heterocycles. The summed E-state index contributed by atoms with van der Waals surface area (Å²) in [5.74, 6) is 0.139. The molecule has 1 rings (SSSR count). The highest BCUT2D eigenvalue weighted by molar-refractivity contribution is 5.85. The molecule has 0 aliphatic heterocycles. The molecule has 0 unspecified atom stereocenters. The van der Waals surface area contributed by atoms with Gasteiger partial charge in [0.05, 0.1) is 0 Å². The lowest BCUT2D eigenvalue weighted by Gasteiger charge is -2.17. The van der Waals surface area contributed by atoms with Gasteiger partial charge < -0.3 is 11.1 Å². The van der Waals surface area contributed by atoms with Crippen molar-refractivity contribution in [3.05, 3.63) is 29.8 Å². The summed E-state index contributed by atoms with van der Waals surface area (Å²) >= 11 is 0. The van der Waals surface area contributed by atoms with Crippen LogP contribution in [-0.2, 0) is 11.2 Å². The SMILES string of the molecule is CC(C)(C)CCC(=O)NCCc1ccc(N)cc1.Cl. The third-order valence-corrected chi connectivity index (χ3v) is 2.82. The third-order valence-electron chi connectivity index (χ3n) is 2.82. The van der Waals surface area contributed by atoms with Crippen LogP contribution in [0.1, 0.15) is 39.2 Å². The molecule has 3 N–H and O–H groups in total. The third kappa shape index (κ3) is 8.49. The average Bonchev–Trinajstić information content (AvgIpc) is 2.28. The topological polar surface area (TPSA) is 55.1 Å². The van der Waals surface area contributed by atoms with Gasteiger partial charge in [0, 0.05) is 18.7 Å². The van der Waals surface area contributed by atoms with Crippen molar-refractivity contribution in [3.8, 4) is 0 Å². The van der Waals surface area contributed by atoms with Gasteiger partial charge >= 0.3 is 0 Å². The normalized spacial score (nSPS) is 10.7. The molecular weight excluding hydrogens is 260 g/mol. The maximum absolute atomic E-state index is 11.6. The van der Waals surface area contributed by atoms with Gasteiger partial charge in [0.2, 0.25) is 5.91 Å². The van der Waals surface area contributed by atoms with Gasteiger partial charge in [0.1, 0.15) is 0 Å². The van der Waals surface area contributed by atoms with Crippen molar-refractivity contribution in [2.45, 2.75) is 40.0 Å². The fourth-order valence-corrected chi connectivity index (χ4v) is 1.61. The summed E-state index contributed by atoms with van der Waals surface area (Å²) in [6, 6.07) is 7.76. The molecule has 0 bridgehead atoms. The molecule has 1 aromatic rings. The number of nitrogens with one attached hydrogen (secondary N) is 1. The Hall–Kier alpha value is -1.22. The fraction of sp³-hybridized carbons (Fsp3) is 0.533. The van der Waals surface area contributed by atoms with Gasteiger partial charge in [-0.15, -0.1) is 12.4 Å². The smallest absolute Gasteiger partial charge is 0.220 e. The molecular formula is C15H25ClN2O. The Kier molecular flexibility index (Phi) is 7.53. The molecule has 0 aliphatic carbocycles. The zero-order chi connectivity index (χ0) is 13.6. The molecule has 0 spiro atoms. The number of halogens is 1. The number of hydrogen-bond acceptors (Lipinski definition) is 2. The molecule has 0 aromatic heterocycles. The lowest BCUT2D eigenvalue weighted by atomic mass is 9.90. The Morgan fingerprint density at radius 1 is 1.21 bits per heavy atom. The Bertz CT molecular complexity index is 382. The fourth-order valence-electron chi connectivity index (χ4n) is 1.61. The van der Waals surface area contributed by atoms with E-state index in [2.05, 4.69) is 26.1 Å². The van der Waals surface area contributed by atoms with Crippen molar-refractivity contribution < 1.29 is 4.79 Å². The monoisotopic (exact) mass is 284 g/mol. The van der Waals surface area contributed by atoms with E-state index in [0.717, 1.165) is 18.5 Å². The van der Waals surface area contributed by atoms with Crippen molar-refractivity contribution in [1.29, 1.82) is 0 Å². The van der Waals surface area contributed by atoms with Gasteiger partial charge in [-0.3, -0.25) is 4.79 Å². The van der Waals surface area contributed by atoms with E-state index in [0.29, 0.717) is 13.0 Å². The Morgan fingerprint density at radius 2 is 1.79 bits per heavy atom. The Labute approximate surface area is 122 Å². The van der Waals surface area contributed by atoms with Crippen LogP contribution in [0.2, 0.25) is 0 Å². The first-order valence-electron chi connectivity index (χ1n) is 6.48. The molecule has 0 fully saturated rings. The molecule has 0 saturated heterocycles. The summed E-state index contributed by atoms with van der Waals surface area (Å²) in [5.41, 5.74) is 7.80. The molecule has 4 heteroatoms. The summed E-state index contributed by atoms with van der Waals surface area (Å²) < 4.78 is 0. The van der Waals surface area contributed by atoms with Crippen LogP contribution in [0.15, 0.2) is 24.3 Å². The zero-order valence-electron chi connectivity index (χ0n) is 12.0. The highest BCUT2D eigenvalue weighted by Gasteiger charge is 2.12. The van der Waals surface area contributed by atoms with Gasteiger partial charge in [0.25, 0.3) is 0 Å². The predicted molar refractivity (Wildman–Crippen MR) is 83.5 cm³/mol. The van der Waals surface area contributed by atoms with Crippen molar-refractivity contribution in [3.63, 3.8) is 0 Å². The maximum atomic E-state index is 11.6. The molecule has 0 radical (unpaired) electrons. The Morgan fingerprint density at radius 3 is 2.32 bits per heavy atom. The van der Waals surface area contributed by atoms with E-state index < -0.39 is 0 Å². The summed E-state index contributed by atoms with van der Waals surface area (Å²) in [6.07, 6.45) is 2.37. The van der Waals surface area contributed by atoms with Gasteiger partial charge in [-0.2, -0.15) is 0 Å². The second kappa shape index (κ2) is 8.05. The number of nitrogens with two attached hydrogens (primary N) is 1. The minimum atomic E-state index is 0. The quantitative estimate of drug-likeness (QED) is 0.816. The van der Waals surface area contributed by atoms with Crippen molar-refractivity contribution >= 4 is 24.0 Å². The molecule has 0 aliphatic rings. The molecule has 108 valence electrons. The second-order valence-electron chi connectivity index (χ2n) is 5.90. The number of carbonyl (C=O) groups is 1. The first-order chi connectivity index (χ1) is 8.37. The molecule has 1 amide bonds. The number of carbonyl (C=O) groups excluding carboxylic acids is 1. The highest BCUT2D eigenvalue weighted by Crippen LogP contribution is 2.20. The standard InChI is InChI=1S/C15H24N2O.ClH/c1-15(2,3)10-8-14(18)17-11-9-12-4-6-13(16)7-5-12;/h4-7H,8-11,16H2,1-3H3,(H,17,18);1H. The lowest BCUT2D eigenvalue weighted by Crippen LogP contribution is -2.26. The number of anilines is 1. The van der Waals surface area contributed by atoms with Crippen molar-refractivity contribution in [1.82, 2.24) is 5.32 Å². The molecule has 3 nitrogen and oxygen atoms in total. The van der Waals surface area contributed by atoms with Crippen LogP contribution in [0.5, 0.6) is 0 Å². The van der Waals surface area contributed by atoms with Gasteiger partial charge in [-0.05, 0) is 36.0 Å². The lowest BCUT2D eigenvalue weighted by molar-refractivity contribution is -0.121. The summed E-state index contributed by atoms with van der Waals surface area (Å²) in [4.78, 5) is 11.6. The maximum Gasteiger partial charge on any atom is 0.220 e.